The molecule has 0 radical (unpaired) electrons. The molecule has 5 heteroatoms. The molecule has 2 fully saturated rings. The number of ketones is 1. The Morgan fingerprint density at radius 2 is 1.96 bits per heavy atom. The molecule has 5 nitrogen and oxygen atoms in total. The van der Waals surface area contributed by atoms with E-state index in [2.05, 4.69) is 38.9 Å². The fourth-order valence-electron chi connectivity index (χ4n) is 3.78. The average molecular weight is 327 g/mol. The van der Waals surface area contributed by atoms with Gasteiger partial charge in [0.25, 0.3) is 0 Å². The molecule has 0 saturated carbocycles. The van der Waals surface area contributed by atoms with E-state index in [1.807, 2.05) is 6.07 Å². The zero-order chi connectivity index (χ0) is 16.8. The van der Waals surface area contributed by atoms with Gasteiger partial charge in [-0.3, -0.25) is 14.6 Å². The molecule has 0 N–H and O–H groups in total. The van der Waals surface area contributed by atoms with Crippen LogP contribution in [0.5, 0.6) is 0 Å². The average Bonchev–Trinajstić information content (AvgIpc) is 2.63. The second-order valence-corrected chi connectivity index (χ2v) is 6.57. The Hall–Kier alpha value is -1.74. The molecule has 24 heavy (non-hydrogen) atoms. The first-order valence-corrected chi connectivity index (χ1v) is 8.72. The summed E-state index contributed by atoms with van der Waals surface area (Å²) in [6.45, 7) is 12.6. The SMILES string of the molecule is [C-]#[N+]CC(C1CC(=O)CCN1Cc1ccccc1)N1CCOCC1. The van der Waals surface area contributed by atoms with Crippen molar-refractivity contribution in [1.82, 2.24) is 9.80 Å². The smallest absolute Gasteiger partial charge is 0.231 e. The lowest BCUT2D eigenvalue weighted by Crippen LogP contribution is -2.58. The number of hydrogen-bond donors (Lipinski definition) is 0. The minimum Gasteiger partial charge on any atom is -0.379 e. The van der Waals surface area contributed by atoms with E-state index in [1.54, 1.807) is 0 Å². The molecule has 2 aliphatic heterocycles. The lowest BCUT2D eigenvalue weighted by Gasteiger charge is -2.43. The predicted molar refractivity (Wildman–Crippen MR) is 92.5 cm³/mol. The first-order chi connectivity index (χ1) is 11.8. The van der Waals surface area contributed by atoms with Gasteiger partial charge in [0.05, 0.1) is 19.3 Å². The predicted octanol–water partition coefficient (Wildman–Crippen LogP) is 1.84. The molecule has 128 valence electrons. The lowest BCUT2D eigenvalue weighted by molar-refractivity contribution is -0.125. The highest BCUT2D eigenvalue weighted by atomic mass is 16.5. The van der Waals surface area contributed by atoms with E-state index in [4.69, 9.17) is 11.3 Å². The van der Waals surface area contributed by atoms with Gasteiger partial charge in [-0.15, -0.1) is 0 Å². The molecule has 1 aromatic carbocycles. The van der Waals surface area contributed by atoms with Crippen LogP contribution in [0.4, 0.5) is 0 Å². The van der Waals surface area contributed by atoms with Gasteiger partial charge in [-0.2, -0.15) is 0 Å². The number of carbonyl (C=O) groups is 1. The maximum Gasteiger partial charge on any atom is 0.231 e. The number of benzene rings is 1. The van der Waals surface area contributed by atoms with Crippen LogP contribution in [0.3, 0.4) is 0 Å². The third kappa shape index (κ3) is 4.21. The molecule has 2 atom stereocenters. The molecule has 2 heterocycles. The number of carbonyl (C=O) groups excluding carboxylic acids is 1. The van der Waals surface area contributed by atoms with Crippen LogP contribution in [0, 0.1) is 6.57 Å². The molecular formula is C19H25N3O2. The fraction of sp³-hybridized carbons (Fsp3) is 0.579. The summed E-state index contributed by atoms with van der Waals surface area (Å²) < 4.78 is 5.46. The summed E-state index contributed by atoms with van der Waals surface area (Å²) in [6.07, 6.45) is 1.18. The topological polar surface area (TPSA) is 37.1 Å². The van der Waals surface area contributed by atoms with Crippen molar-refractivity contribution in [2.45, 2.75) is 31.5 Å². The minimum absolute atomic E-state index is 0.111. The van der Waals surface area contributed by atoms with Crippen LogP contribution in [0.25, 0.3) is 4.85 Å². The second-order valence-electron chi connectivity index (χ2n) is 6.57. The monoisotopic (exact) mass is 327 g/mol. The summed E-state index contributed by atoms with van der Waals surface area (Å²) in [6, 6.07) is 10.6. The van der Waals surface area contributed by atoms with Gasteiger partial charge in [-0.25, -0.2) is 6.57 Å². The standard InChI is InChI=1S/C19H25N3O2/c1-20-14-19(21-9-11-24-12-10-21)18-13-17(23)7-8-22(18)15-16-5-3-2-4-6-16/h2-6,18-19H,7-15H2. The van der Waals surface area contributed by atoms with E-state index < -0.39 is 0 Å². The van der Waals surface area contributed by atoms with Gasteiger partial charge in [0.1, 0.15) is 5.78 Å². The minimum atomic E-state index is 0.111. The van der Waals surface area contributed by atoms with Crippen molar-refractivity contribution in [2.75, 3.05) is 39.4 Å². The van der Waals surface area contributed by atoms with Gasteiger partial charge in [0.2, 0.25) is 6.54 Å². The van der Waals surface area contributed by atoms with Crippen molar-refractivity contribution in [3.8, 4) is 0 Å². The summed E-state index contributed by atoms with van der Waals surface area (Å²) in [5.41, 5.74) is 1.26. The third-order valence-corrected chi connectivity index (χ3v) is 5.05. The molecule has 2 unspecified atom stereocenters. The molecule has 2 aliphatic rings. The van der Waals surface area contributed by atoms with E-state index in [0.29, 0.717) is 38.4 Å². The van der Waals surface area contributed by atoms with Gasteiger partial charge >= 0.3 is 0 Å². The Morgan fingerprint density at radius 1 is 1.21 bits per heavy atom. The molecule has 0 aromatic heterocycles. The molecular weight excluding hydrogens is 302 g/mol. The first kappa shape index (κ1) is 17.1. The molecule has 0 spiro atoms. The van der Waals surface area contributed by atoms with Gasteiger partial charge in [0, 0.05) is 45.1 Å². The molecule has 2 saturated heterocycles. The first-order valence-electron chi connectivity index (χ1n) is 8.72. The van der Waals surface area contributed by atoms with E-state index in [1.165, 1.54) is 5.56 Å². The largest absolute Gasteiger partial charge is 0.379 e. The highest BCUT2D eigenvalue weighted by Crippen LogP contribution is 2.24. The number of morpholine rings is 1. The van der Waals surface area contributed by atoms with Gasteiger partial charge < -0.3 is 9.58 Å². The van der Waals surface area contributed by atoms with Crippen LogP contribution >= 0.6 is 0 Å². The van der Waals surface area contributed by atoms with Gasteiger partial charge in [-0.1, -0.05) is 30.3 Å². The molecule has 0 amide bonds. The Balaban J connectivity index is 1.78. The van der Waals surface area contributed by atoms with Crippen LogP contribution < -0.4 is 0 Å². The van der Waals surface area contributed by atoms with Gasteiger partial charge in [-0.05, 0) is 5.56 Å². The van der Waals surface area contributed by atoms with E-state index in [0.717, 1.165) is 26.2 Å². The number of piperidine rings is 1. The van der Waals surface area contributed by atoms with Crippen molar-refractivity contribution < 1.29 is 9.53 Å². The second kappa shape index (κ2) is 8.39. The summed E-state index contributed by atoms with van der Waals surface area (Å²) >= 11 is 0. The summed E-state index contributed by atoms with van der Waals surface area (Å²) in [7, 11) is 0. The molecule has 1 aromatic rings. The number of nitrogens with zero attached hydrogens (tertiary/aromatic N) is 3. The summed E-state index contributed by atoms with van der Waals surface area (Å²) in [5, 5.41) is 0. The third-order valence-electron chi connectivity index (χ3n) is 5.05. The number of rotatable bonds is 5. The van der Waals surface area contributed by atoms with Crippen molar-refractivity contribution in [2.24, 2.45) is 0 Å². The highest BCUT2D eigenvalue weighted by Gasteiger charge is 2.38. The summed E-state index contributed by atoms with van der Waals surface area (Å²) in [4.78, 5) is 20.6. The van der Waals surface area contributed by atoms with Crippen LogP contribution in [0.2, 0.25) is 0 Å². The van der Waals surface area contributed by atoms with Crippen LogP contribution in [0.1, 0.15) is 18.4 Å². The van der Waals surface area contributed by atoms with Crippen LogP contribution in [-0.4, -0.2) is 67.1 Å². The maximum absolute atomic E-state index is 12.1. The Labute approximate surface area is 144 Å². The molecule has 0 bridgehead atoms. The Kier molecular flexibility index (Phi) is 5.97. The van der Waals surface area contributed by atoms with Gasteiger partial charge in [0.15, 0.2) is 0 Å². The van der Waals surface area contributed by atoms with E-state index in [9.17, 15) is 4.79 Å². The van der Waals surface area contributed by atoms with Crippen LogP contribution in [0.15, 0.2) is 30.3 Å². The molecule has 0 aliphatic carbocycles. The number of likely N-dealkylation sites (tertiary alicyclic amines) is 1. The van der Waals surface area contributed by atoms with E-state index in [-0.39, 0.29) is 12.1 Å². The highest BCUT2D eigenvalue weighted by molar-refractivity contribution is 5.80. The zero-order valence-electron chi connectivity index (χ0n) is 14.1. The van der Waals surface area contributed by atoms with Crippen molar-refractivity contribution in [3.05, 3.63) is 47.3 Å². The number of Topliss-reactive ketones (excluding diaryl/α,β-unsaturated/α-hetero) is 1. The van der Waals surface area contributed by atoms with Crippen molar-refractivity contribution in [3.63, 3.8) is 0 Å². The van der Waals surface area contributed by atoms with Crippen molar-refractivity contribution in [1.29, 1.82) is 0 Å². The maximum atomic E-state index is 12.1. The number of ether oxygens (including phenoxy) is 1. The van der Waals surface area contributed by atoms with Crippen molar-refractivity contribution >= 4 is 5.78 Å². The fourth-order valence-corrected chi connectivity index (χ4v) is 3.78. The number of hydrogen-bond acceptors (Lipinski definition) is 4. The van der Waals surface area contributed by atoms with E-state index >= 15 is 0 Å². The zero-order valence-corrected chi connectivity index (χ0v) is 14.1. The normalized spacial score (nSPS) is 24.5. The lowest BCUT2D eigenvalue weighted by atomic mass is 9.92. The summed E-state index contributed by atoms with van der Waals surface area (Å²) in [5.74, 6) is 0.326. The Bertz CT molecular complexity index is 578. The quantitative estimate of drug-likeness (QED) is 0.774. The molecule has 3 rings (SSSR count). The van der Waals surface area contributed by atoms with Crippen LogP contribution in [-0.2, 0) is 16.1 Å². The Morgan fingerprint density at radius 3 is 2.67 bits per heavy atom.